The van der Waals surface area contributed by atoms with Crippen molar-refractivity contribution in [2.24, 2.45) is 0 Å². The molecule has 27 heavy (non-hydrogen) atoms. The number of halogens is 1. The highest BCUT2D eigenvalue weighted by Gasteiger charge is 2.40. The summed E-state index contributed by atoms with van der Waals surface area (Å²) in [5, 5.41) is 0. The first-order chi connectivity index (χ1) is 13.1. The zero-order valence-electron chi connectivity index (χ0n) is 15.1. The highest BCUT2D eigenvalue weighted by Crippen LogP contribution is 2.32. The van der Waals surface area contributed by atoms with Crippen molar-refractivity contribution in [3.63, 3.8) is 0 Å². The maximum Gasteiger partial charge on any atom is 0.277 e. The second-order valence-electron chi connectivity index (χ2n) is 7.35. The molecule has 0 amide bonds. The van der Waals surface area contributed by atoms with Crippen LogP contribution in [0.25, 0.3) is 5.52 Å². The number of rotatable bonds is 3. The second-order valence-corrected chi connectivity index (χ2v) is 7.35. The number of nitrogens with zero attached hydrogens (tertiary/aromatic N) is 4. The molecule has 4 heterocycles. The van der Waals surface area contributed by atoms with Crippen molar-refractivity contribution in [2.45, 2.75) is 38.5 Å². The molecule has 2 fully saturated rings. The van der Waals surface area contributed by atoms with E-state index in [9.17, 15) is 9.18 Å². The average molecular weight is 368 g/mol. The maximum atomic E-state index is 13.5. The van der Waals surface area contributed by atoms with E-state index in [0.29, 0.717) is 18.1 Å². The van der Waals surface area contributed by atoms with Gasteiger partial charge < -0.3 is 14.2 Å². The fraction of sp³-hybridized carbons (Fsp3) is 0.400. The summed E-state index contributed by atoms with van der Waals surface area (Å²) in [6.45, 7) is 3.91. The van der Waals surface area contributed by atoms with E-state index in [4.69, 9.17) is 4.74 Å². The number of benzene rings is 1. The summed E-state index contributed by atoms with van der Waals surface area (Å²) in [6.07, 6.45) is 5.85. The molecule has 0 aliphatic carbocycles. The van der Waals surface area contributed by atoms with E-state index in [-0.39, 0.29) is 17.5 Å². The Bertz CT molecular complexity index is 1070. The number of hydrogen-bond donors (Lipinski definition) is 0. The summed E-state index contributed by atoms with van der Waals surface area (Å²) >= 11 is 0. The lowest BCUT2D eigenvalue weighted by molar-refractivity contribution is 0.113. The number of ether oxygens (including phenoxy) is 1. The second kappa shape index (κ2) is 6.20. The zero-order chi connectivity index (χ0) is 18.5. The highest BCUT2D eigenvalue weighted by molar-refractivity contribution is 5.53. The van der Waals surface area contributed by atoms with E-state index < -0.39 is 0 Å². The minimum absolute atomic E-state index is 0.114. The van der Waals surface area contributed by atoms with Crippen LogP contribution >= 0.6 is 0 Å². The van der Waals surface area contributed by atoms with Gasteiger partial charge in [-0.1, -0.05) is 12.1 Å². The first kappa shape index (κ1) is 16.5. The van der Waals surface area contributed by atoms with Crippen LogP contribution in [-0.4, -0.2) is 39.2 Å². The summed E-state index contributed by atoms with van der Waals surface area (Å²) in [6, 6.07) is 6.69. The summed E-state index contributed by atoms with van der Waals surface area (Å²) in [4.78, 5) is 19.9. The summed E-state index contributed by atoms with van der Waals surface area (Å²) in [7, 11) is 0. The number of imidazole rings is 1. The van der Waals surface area contributed by atoms with Gasteiger partial charge in [-0.2, -0.15) is 0 Å². The van der Waals surface area contributed by atoms with Crippen molar-refractivity contribution in [3.8, 4) is 0 Å². The van der Waals surface area contributed by atoms with Crippen molar-refractivity contribution in [2.75, 3.05) is 18.1 Å². The Labute approximate surface area is 155 Å². The van der Waals surface area contributed by atoms with Crippen LogP contribution in [-0.2, 0) is 11.3 Å². The highest BCUT2D eigenvalue weighted by atomic mass is 19.1. The lowest BCUT2D eigenvalue weighted by Gasteiger charge is -2.23. The molecule has 140 valence electrons. The Balaban J connectivity index is 1.56. The average Bonchev–Trinajstić information content (AvgIpc) is 3.34. The fourth-order valence-corrected chi connectivity index (χ4v) is 4.37. The summed E-state index contributed by atoms with van der Waals surface area (Å²) < 4.78 is 22.8. The SMILES string of the molecule is Cc1cn2c(N3CCC4OCC[C@@H]43)ncc2c(=O)n1Cc1cccc(F)c1. The molecule has 1 aromatic carbocycles. The minimum atomic E-state index is -0.298. The molecule has 0 saturated carbocycles. The van der Waals surface area contributed by atoms with Gasteiger partial charge in [0, 0.05) is 25.0 Å². The van der Waals surface area contributed by atoms with E-state index in [0.717, 1.165) is 43.2 Å². The molecular formula is C20H21FN4O2. The van der Waals surface area contributed by atoms with E-state index >= 15 is 0 Å². The quantitative estimate of drug-likeness (QED) is 0.712. The topological polar surface area (TPSA) is 51.8 Å². The van der Waals surface area contributed by atoms with Crippen molar-refractivity contribution in [3.05, 3.63) is 64.1 Å². The molecular weight excluding hydrogens is 347 g/mol. The molecule has 6 nitrogen and oxygen atoms in total. The third-order valence-electron chi connectivity index (χ3n) is 5.70. The Morgan fingerprint density at radius 2 is 2.22 bits per heavy atom. The number of anilines is 1. The molecule has 0 spiro atoms. The largest absolute Gasteiger partial charge is 0.376 e. The molecule has 1 unspecified atom stereocenters. The number of aromatic nitrogens is 3. The van der Waals surface area contributed by atoms with Crippen molar-refractivity contribution in [1.29, 1.82) is 0 Å². The predicted octanol–water partition coefficient (Wildman–Crippen LogP) is 2.36. The van der Waals surface area contributed by atoms with E-state index in [1.165, 1.54) is 12.1 Å². The van der Waals surface area contributed by atoms with Crippen LogP contribution in [0.15, 0.2) is 41.5 Å². The van der Waals surface area contributed by atoms with Gasteiger partial charge in [0.1, 0.15) is 11.3 Å². The predicted molar refractivity (Wildman–Crippen MR) is 99.8 cm³/mol. The smallest absolute Gasteiger partial charge is 0.277 e. The molecule has 7 heteroatoms. The van der Waals surface area contributed by atoms with Crippen LogP contribution in [0.2, 0.25) is 0 Å². The fourth-order valence-electron chi connectivity index (χ4n) is 4.37. The normalized spacial score (nSPS) is 21.9. The van der Waals surface area contributed by atoms with E-state index in [2.05, 4.69) is 9.88 Å². The third-order valence-corrected chi connectivity index (χ3v) is 5.70. The number of aryl methyl sites for hydroxylation is 1. The molecule has 0 bridgehead atoms. The van der Waals surface area contributed by atoms with Crippen molar-refractivity contribution < 1.29 is 9.13 Å². The molecule has 2 atom stereocenters. The van der Waals surface area contributed by atoms with Crippen molar-refractivity contribution >= 4 is 11.5 Å². The third kappa shape index (κ3) is 2.65. The number of fused-ring (bicyclic) bond motifs is 2. The van der Waals surface area contributed by atoms with Gasteiger partial charge in [0.15, 0.2) is 0 Å². The first-order valence-corrected chi connectivity index (χ1v) is 9.32. The molecule has 0 radical (unpaired) electrons. The Morgan fingerprint density at radius 1 is 1.33 bits per heavy atom. The maximum absolute atomic E-state index is 13.5. The monoisotopic (exact) mass is 368 g/mol. The van der Waals surface area contributed by atoms with Gasteiger partial charge >= 0.3 is 0 Å². The van der Waals surface area contributed by atoms with Crippen LogP contribution in [0.3, 0.4) is 0 Å². The standard InChI is InChI=1S/C20H21FN4O2/c1-13-11-25-17(19(26)24(13)12-14-3-2-4-15(21)9-14)10-22-20(25)23-7-5-18-16(23)6-8-27-18/h2-4,9-11,16,18H,5-8,12H2,1H3/t16-,18?/m0/s1. The summed E-state index contributed by atoms with van der Waals surface area (Å²) in [5.41, 5.74) is 2.00. The van der Waals surface area contributed by atoms with Crippen LogP contribution in [0.4, 0.5) is 10.3 Å². The Hall–Kier alpha value is -2.67. The molecule has 2 saturated heterocycles. The van der Waals surface area contributed by atoms with Crippen molar-refractivity contribution in [1.82, 2.24) is 14.0 Å². The van der Waals surface area contributed by atoms with Gasteiger partial charge in [0.2, 0.25) is 5.95 Å². The van der Waals surface area contributed by atoms with Gasteiger partial charge in [-0.25, -0.2) is 9.37 Å². The van der Waals surface area contributed by atoms with Crippen LogP contribution in [0, 0.1) is 12.7 Å². The molecule has 2 aliphatic rings. The zero-order valence-corrected chi connectivity index (χ0v) is 15.1. The van der Waals surface area contributed by atoms with E-state index in [1.54, 1.807) is 16.8 Å². The summed E-state index contributed by atoms with van der Waals surface area (Å²) in [5.74, 6) is 0.509. The van der Waals surface area contributed by atoms with Gasteiger partial charge in [-0.3, -0.25) is 9.20 Å². The van der Waals surface area contributed by atoms with Crippen LogP contribution in [0.5, 0.6) is 0 Å². The lowest BCUT2D eigenvalue weighted by Crippen LogP contribution is -2.34. The Kier molecular flexibility index (Phi) is 3.79. The molecule has 2 aliphatic heterocycles. The molecule has 2 aromatic heterocycles. The molecule has 5 rings (SSSR count). The van der Waals surface area contributed by atoms with Crippen LogP contribution in [0.1, 0.15) is 24.1 Å². The number of hydrogen-bond acceptors (Lipinski definition) is 4. The minimum Gasteiger partial charge on any atom is -0.376 e. The van der Waals surface area contributed by atoms with E-state index in [1.807, 2.05) is 23.6 Å². The van der Waals surface area contributed by atoms with Gasteiger partial charge in [-0.15, -0.1) is 0 Å². The molecule has 0 N–H and O–H groups in total. The van der Waals surface area contributed by atoms with Gasteiger partial charge in [0.05, 0.1) is 24.9 Å². The van der Waals surface area contributed by atoms with Crippen LogP contribution < -0.4 is 10.5 Å². The Morgan fingerprint density at radius 3 is 3.07 bits per heavy atom. The molecule has 3 aromatic rings. The van der Waals surface area contributed by atoms with Gasteiger partial charge in [-0.05, 0) is 37.5 Å². The van der Waals surface area contributed by atoms with Gasteiger partial charge in [0.25, 0.3) is 5.56 Å². The first-order valence-electron chi connectivity index (χ1n) is 9.32. The lowest BCUT2D eigenvalue weighted by atomic mass is 10.1.